The summed E-state index contributed by atoms with van der Waals surface area (Å²) in [7, 11) is 1.47. The predicted octanol–water partition coefficient (Wildman–Crippen LogP) is 3.94. The minimum absolute atomic E-state index is 0.00640. The number of benzene rings is 1. The van der Waals surface area contributed by atoms with Gasteiger partial charge >= 0.3 is 0 Å². The first-order valence-corrected chi connectivity index (χ1v) is 11.0. The Labute approximate surface area is 179 Å². The van der Waals surface area contributed by atoms with Gasteiger partial charge in [0.2, 0.25) is 0 Å². The SMILES string of the molecule is CC[C@H](C)Sc1nc2c(c(=O)[nH]1)[C@H](c1ccc(O)c(OC)c1)C1=C(CCCC1=O)N2. The van der Waals surface area contributed by atoms with Crippen LogP contribution < -0.4 is 15.6 Å². The number of carbonyl (C=O) groups is 1. The number of carbonyl (C=O) groups excluding carboxylic acids is 1. The fraction of sp³-hybridized carbons (Fsp3) is 0.409. The van der Waals surface area contributed by atoms with E-state index in [1.165, 1.54) is 24.9 Å². The summed E-state index contributed by atoms with van der Waals surface area (Å²) in [6, 6.07) is 4.94. The van der Waals surface area contributed by atoms with Gasteiger partial charge in [-0.05, 0) is 37.0 Å². The lowest BCUT2D eigenvalue weighted by atomic mass is 9.76. The summed E-state index contributed by atoms with van der Waals surface area (Å²) in [5.74, 6) is 0.273. The number of Topliss-reactive ketones (excluding diaryl/α,β-unsaturated/α-hetero) is 1. The molecule has 0 unspecified atom stereocenters. The molecule has 0 amide bonds. The molecule has 3 N–H and O–H groups in total. The van der Waals surface area contributed by atoms with Crippen LogP contribution >= 0.6 is 11.8 Å². The number of nitrogens with zero attached hydrogens (tertiary/aromatic N) is 1. The monoisotopic (exact) mass is 427 g/mol. The molecule has 7 nitrogen and oxygen atoms in total. The van der Waals surface area contributed by atoms with Gasteiger partial charge in [-0.15, -0.1) is 0 Å². The van der Waals surface area contributed by atoms with Crippen molar-refractivity contribution in [1.82, 2.24) is 9.97 Å². The van der Waals surface area contributed by atoms with Crippen LogP contribution in [-0.4, -0.2) is 33.2 Å². The summed E-state index contributed by atoms with van der Waals surface area (Å²) in [5.41, 5.74) is 2.31. The van der Waals surface area contributed by atoms with E-state index >= 15 is 0 Å². The molecular weight excluding hydrogens is 402 g/mol. The second-order valence-corrected chi connectivity index (χ2v) is 9.06. The van der Waals surface area contributed by atoms with E-state index in [1.807, 2.05) is 0 Å². The zero-order valence-corrected chi connectivity index (χ0v) is 18.1. The maximum atomic E-state index is 13.2. The van der Waals surface area contributed by atoms with Crippen molar-refractivity contribution < 1.29 is 14.6 Å². The number of anilines is 1. The fourth-order valence-corrected chi connectivity index (χ4v) is 4.82. The number of aromatic amines is 1. The summed E-state index contributed by atoms with van der Waals surface area (Å²) in [6.07, 6.45) is 2.91. The predicted molar refractivity (Wildman–Crippen MR) is 116 cm³/mol. The summed E-state index contributed by atoms with van der Waals surface area (Å²) in [5, 5.41) is 14.2. The number of ether oxygens (including phenoxy) is 1. The molecule has 2 heterocycles. The second-order valence-electron chi connectivity index (χ2n) is 7.63. The van der Waals surface area contributed by atoms with Crippen molar-refractivity contribution in [2.24, 2.45) is 0 Å². The highest BCUT2D eigenvalue weighted by molar-refractivity contribution is 7.99. The number of phenols is 1. The molecule has 1 aromatic heterocycles. The number of nitrogens with one attached hydrogen (secondary N) is 2. The Kier molecular flexibility index (Phi) is 5.60. The molecule has 4 rings (SSSR count). The number of allylic oxidation sites excluding steroid dienone is 2. The van der Waals surface area contributed by atoms with Crippen LogP contribution in [-0.2, 0) is 4.79 Å². The summed E-state index contributed by atoms with van der Waals surface area (Å²) < 4.78 is 5.26. The van der Waals surface area contributed by atoms with Crippen LogP contribution in [0.25, 0.3) is 0 Å². The molecule has 0 saturated carbocycles. The average Bonchev–Trinajstić information content (AvgIpc) is 2.72. The average molecular weight is 428 g/mol. The third-order valence-electron chi connectivity index (χ3n) is 5.66. The Morgan fingerprint density at radius 2 is 2.13 bits per heavy atom. The Balaban J connectivity index is 1.90. The third kappa shape index (κ3) is 3.60. The van der Waals surface area contributed by atoms with Gasteiger partial charge in [-0.25, -0.2) is 4.98 Å². The zero-order valence-electron chi connectivity index (χ0n) is 17.2. The van der Waals surface area contributed by atoms with E-state index in [0.717, 1.165) is 25.0 Å². The number of hydrogen-bond acceptors (Lipinski definition) is 7. The number of rotatable bonds is 5. The van der Waals surface area contributed by atoms with Crippen LogP contribution in [0.5, 0.6) is 11.5 Å². The van der Waals surface area contributed by atoms with Crippen LogP contribution in [0.3, 0.4) is 0 Å². The molecule has 0 spiro atoms. The molecule has 8 heteroatoms. The maximum absolute atomic E-state index is 13.2. The van der Waals surface area contributed by atoms with Crippen LogP contribution in [0.4, 0.5) is 5.82 Å². The van der Waals surface area contributed by atoms with E-state index in [9.17, 15) is 14.7 Å². The van der Waals surface area contributed by atoms with Gasteiger partial charge in [0, 0.05) is 28.9 Å². The van der Waals surface area contributed by atoms with Crippen LogP contribution in [0.2, 0.25) is 0 Å². The number of aromatic nitrogens is 2. The number of hydrogen-bond donors (Lipinski definition) is 3. The van der Waals surface area contributed by atoms with Crippen molar-refractivity contribution in [3.8, 4) is 11.5 Å². The molecule has 2 aromatic rings. The van der Waals surface area contributed by atoms with Crippen molar-refractivity contribution in [2.45, 2.75) is 55.9 Å². The van der Waals surface area contributed by atoms with Crippen LogP contribution in [0, 0.1) is 0 Å². The fourth-order valence-electron chi connectivity index (χ4n) is 3.98. The lowest BCUT2D eigenvalue weighted by Crippen LogP contribution is -2.32. The number of ketones is 1. The highest BCUT2D eigenvalue weighted by Crippen LogP contribution is 2.45. The van der Waals surface area contributed by atoms with E-state index in [4.69, 9.17) is 4.74 Å². The van der Waals surface area contributed by atoms with Crippen molar-refractivity contribution in [3.63, 3.8) is 0 Å². The molecule has 0 radical (unpaired) electrons. The van der Waals surface area contributed by atoms with Gasteiger partial charge < -0.3 is 20.1 Å². The van der Waals surface area contributed by atoms with Crippen molar-refractivity contribution in [3.05, 3.63) is 50.9 Å². The minimum Gasteiger partial charge on any atom is -0.504 e. The zero-order chi connectivity index (χ0) is 21.4. The Morgan fingerprint density at radius 3 is 2.87 bits per heavy atom. The number of methoxy groups -OCH3 is 1. The molecule has 0 saturated heterocycles. The highest BCUT2D eigenvalue weighted by Gasteiger charge is 2.38. The number of H-pyrrole nitrogens is 1. The first-order valence-electron chi connectivity index (χ1n) is 10.1. The van der Waals surface area contributed by atoms with E-state index < -0.39 is 5.92 Å². The number of fused-ring (bicyclic) bond motifs is 1. The quantitative estimate of drug-likeness (QED) is 0.490. The lowest BCUT2D eigenvalue weighted by molar-refractivity contribution is -0.116. The van der Waals surface area contributed by atoms with Gasteiger partial charge in [-0.1, -0.05) is 31.7 Å². The molecule has 158 valence electrons. The lowest BCUT2D eigenvalue weighted by Gasteiger charge is -2.33. The Bertz CT molecular complexity index is 1090. The Hall–Kier alpha value is -2.74. The first kappa shape index (κ1) is 20.5. The van der Waals surface area contributed by atoms with Gasteiger partial charge in [0.25, 0.3) is 5.56 Å². The number of phenolic OH excluding ortho intramolecular Hbond substituents is 1. The van der Waals surface area contributed by atoms with Gasteiger partial charge in [0.05, 0.1) is 12.7 Å². The van der Waals surface area contributed by atoms with E-state index in [2.05, 4.69) is 29.1 Å². The van der Waals surface area contributed by atoms with Gasteiger partial charge in [0.1, 0.15) is 5.82 Å². The molecule has 1 aromatic carbocycles. The second kappa shape index (κ2) is 8.18. The summed E-state index contributed by atoms with van der Waals surface area (Å²) in [6.45, 7) is 4.18. The van der Waals surface area contributed by atoms with Crippen LogP contribution in [0.15, 0.2) is 39.4 Å². The summed E-state index contributed by atoms with van der Waals surface area (Å²) in [4.78, 5) is 33.6. The highest BCUT2D eigenvalue weighted by atomic mass is 32.2. The van der Waals surface area contributed by atoms with Gasteiger partial charge in [0.15, 0.2) is 22.4 Å². The number of aromatic hydroxyl groups is 1. The van der Waals surface area contributed by atoms with Crippen molar-refractivity contribution in [2.75, 3.05) is 12.4 Å². The van der Waals surface area contributed by atoms with Crippen LogP contribution in [0.1, 0.15) is 56.6 Å². The molecule has 1 aliphatic carbocycles. The molecule has 0 bridgehead atoms. The molecule has 2 aliphatic rings. The molecule has 1 aliphatic heterocycles. The standard InChI is InChI=1S/C22H25N3O4S/c1-4-11(2)30-22-24-20-19(21(28)25-22)17(12-8-9-14(26)16(10-12)29-3)18-13(23-20)6-5-7-15(18)27/h8-11,17,26H,4-7H2,1-3H3,(H2,23,24,25,28)/t11-,17+/m0/s1. The Morgan fingerprint density at radius 1 is 1.33 bits per heavy atom. The van der Waals surface area contributed by atoms with Crippen molar-refractivity contribution >= 4 is 23.4 Å². The largest absolute Gasteiger partial charge is 0.504 e. The van der Waals surface area contributed by atoms with E-state index in [0.29, 0.717) is 45.1 Å². The van der Waals surface area contributed by atoms with Gasteiger partial charge in [-0.2, -0.15) is 0 Å². The molecular formula is C22H25N3O4S. The molecule has 2 atom stereocenters. The number of thioether (sulfide) groups is 1. The summed E-state index contributed by atoms with van der Waals surface area (Å²) >= 11 is 1.52. The topological polar surface area (TPSA) is 104 Å². The first-order chi connectivity index (χ1) is 14.4. The van der Waals surface area contributed by atoms with E-state index in [1.54, 1.807) is 12.1 Å². The third-order valence-corrected chi connectivity index (χ3v) is 6.81. The smallest absolute Gasteiger partial charge is 0.257 e. The van der Waals surface area contributed by atoms with Crippen molar-refractivity contribution in [1.29, 1.82) is 0 Å². The minimum atomic E-state index is -0.558. The maximum Gasteiger partial charge on any atom is 0.257 e. The molecule has 30 heavy (non-hydrogen) atoms. The van der Waals surface area contributed by atoms with Gasteiger partial charge in [-0.3, -0.25) is 9.59 Å². The molecule has 0 fully saturated rings. The normalized spacial score (nSPS) is 19.0. The van der Waals surface area contributed by atoms with E-state index in [-0.39, 0.29) is 17.1 Å².